The zero-order chi connectivity index (χ0) is 15.6. The first-order valence-corrected chi connectivity index (χ1v) is 8.21. The first-order valence-electron chi connectivity index (χ1n) is 8.21. The number of likely N-dealkylation sites (tertiary alicyclic amines) is 1. The Kier molecular flexibility index (Phi) is 4.19. The molecule has 0 bridgehead atoms. The average Bonchev–Trinajstić information content (AvgIpc) is 2.73. The molecule has 2 aliphatic rings. The molecule has 1 aromatic rings. The first-order chi connectivity index (χ1) is 10.6. The van der Waals surface area contributed by atoms with E-state index >= 15 is 0 Å². The monoisotopic (exact) mass is 300 g/mol. The van der Waals surface area contributed by atoms with Gasteiger partial charge in [-0.3, -0.25) is 9.59 Å². The molecule has 0 unspecified atom stereocenters. The Hall–Kier alpha value is -1.84. The lowest BCUT2D eigenvalue weighted by atomic mass is 9.79. The molecule has 4 heteroatoms. The van der Waals surface area contributed by atoms with Gasteiger partial charge in [0, 0.05) is 19.6 Å². The third-order valence-electron chi connectivity index (χ3n) is 5.14. The van der Waals surface area contributed by atoms with Crippen LogP contribution in [0.5, 0.6) is 0 Å². The fraction of sp³-hybridized carbons (Fsp3) is 0.556. The molecule has 2 amide bonds. The van der Waals surface area contributed by atoms with Crippen LogP contribution in [-0.4, -0.2) is 36.3 Å². The fourth-order valence-electron chi connectivity index (χ4n) is 3.63. The van der Waals surface area contributed by atoms with Gasteiger partial charge in [-0.2, -0.15) is 0 Å². The second-order valence-electron chi connectivity index (χ2n) is 6.68. The van der Waals surface area contributed by atoms with Crippen LogP contribution in [0.15, 0.2) is 24.3 Å². The van der Waals surface area contributed by atoms with Crippen molar-refractivity contribution in [1.29, 1.82) is 0 Å². The summed E-state index contributed by atoms with van der Waals surface area (Å²) in [4.78, 5) is 26.5. The lowest BCUT2D eigenvalue weighted by Gasteiger charge is -2.24. The van der Waals surface area contributed by atoms with Crippen molar-refractivity contribution < 1.29 is 9.59 Å². The van der Waals surface area contributed by atoms with Crippen molar-refractivity contribution in [1.82, 2.24) is 10.2 Å². The number of amides is 2. The number of benzene rings is 1. The van der Waals surface area contributed by atoms with E-state index in [1.165, 1.54) is 5.56 Å². The second-order valence-corrected chi connectivity index (χ2v) is 6.68. The van der Waals surface area contributed by atoms with Gasteiger partial charge in [-0.1, -0.05) is 29.8 Å². The van der Waals surface area contributed by atoms with Gasteiger partial charge in [0.25, 0.3) is 0 Å². The Morgan fingerprint density at radius 2 is 1.95 bits per heavy atom. The molecule has 118 valence electrons. The number of hydrogen-bond donors (Lipinski definition) is 1. The normalized spacial score (nSPS) is 25.1. The van der Waals surface area contributed by atoms with E-state index < -0.39 is 0 Å². The molecule has 0 aliphatic carbocycles. The van der Waals surface area contributed by atoms with Crippen molar-refractivity contribution >= 4 is 11.8 Å². The van der Waals surface area contributed by atoms with E-state index in [1.807, 2.05) is 36.1 Å². The minimum Gasteiger partial charge on any atom is -0.356 e. The minimum atomic E-state index is -0.209. The molecule has 0 aromatic heterocycles. The highest BCUT2D eigenvalue weighted by Gasteiger charge is 2.43. The number of rotatable bonds is 2. The van der Waals surface area contributed by atoms with Gasteiger partial charge < -0.3 is 10.2 Å². The Morgan fingerprint density at radius 1 is 1.18 bits per heavy atom. The van der Waals surface area contributed by atoms with Gasteiger partial charge in [0.1, 0.15) is 0 Å². The second kappa shape index (κ2) is 6.11. The number of carbonyl (C=O) groups is 2. The number of hydrogen-bond acceptors (Lipinski definition) is 2. The van der Waals surface area contributed by atoms with E-state index in [9.17, 15) is 9.59 Å². The smallest absolute Gasteiger partial charge is 0.226 e. The molecule has 2 saturated heterocycles. The van der Waals surface area contributed by atoms with Gasteiger partial charge in [0.2, 0.25) is 11.8 Å². The Morgan fingerprint density at radius 3 is 2.64 bits per heavy atom. The number of nitrogens with zero attached hydrogens (tertiary/aromatic N) is 1. The third kappa shape index (κ3) is 3.01. The van der Waals surface area contributed by atoms with Gasteiger partial charge in [-0.15, -0.1) is 0 Å². The summed E-state index contributed by atoms with van der Waals surface area (Å²) in [6.07, 6.45) is 4.02. The van der Waals surface area contributed by atoms with E-state index in [0.29, 0.717) is 13.0 Å². The lowest BCUT2D eigenvalue weighted by Crippen LogP contribution is -2.35. The maximum atomic E-state index is 12.5. The summed E-state index contributed by atoms with van der Waals surface area (Å²) in [6, 6.07) is 8.14. The Balaban J connectivity index is 1.62. The molecule has 2 heterocycles. The summed E-state index contributed by atoms with van der Waals surface area (Å²) in [5.74, 6) is 0.375. The summed E-state index contributed by atoms with van der Waals surface area (Å²) in [6.45, 7) is 4.32. The largest absolute Gasteiger partial charge is 0.356 e. The van der Waals surface area contributed by atoms with Crippen LogP contribution in [0.25, 0.3) is 0 Å². The van der Waals surface area contributed by atoms with E-state index in [-0.39, 0.29) is 17.2 Å². The summed E-state index contributed by atoms with van der Waals surface area (Å²) in [5, 5.41) is 2.95. The number of carbonyl (C=O) groups excluding carboxylic acids is 2. The van der Waals surface area contributed by atoms with E-state index in [1.54, 1.807) is 0 Å². The molecular weight excluding hydrogens is 276 g/mol. The quantitative estimate of drug-likeness (QED) is 0.909. The zero-order valence-electron chi connectivity index (χ0n) is 13.2. The van der Waals surface area contributed by atoms with Crippen LogP contribution in [0.3, 0.4) is 0 Å². The van der Waals surface area contributed by atoms with Gasteiger partial charge in [0.15, 0.2) is 0 Å². The highest BCUT2D eigenvalue weighted by Crippen LogP contribution is 2.38. The summed E-state index contributed by atoms with van der Waals surface area (Å²) in [7, 11) is 0. The molecule has 1 N–H and O–H groups in total. The highest BCUT2D eigenvalue weighted by molar-refractivity contribution is 5.85. The number of aryl methyl sites for hydroxylation is 1. The van der Waals surface area contributed by atoms with Gasteiger partial charge in [-0.25, -0.2) is 0 Å². The Bertz CT molecular complexity index is 567. The predicted molar refractivity (Wildman–Crippen MR) is 85.4 cm³/mol. The van der Waals surface area contributed by atoms with Crippen LogP contribution in [-0.2, 0) is 16.0 Å². The van der Waals surface area contributed by atoms with Crippen LogP contribution in [0, 0.1) is 12.3 Å². The molecule has 3 rings (SSSR count). The predicted octanol–water partition coefficient (Wildman–Crippen LogP) is 2.06. The molecule has 2 fully saturated rings. The van der Waals surface area contributed by atoms with Crippen LogP contribution in [0.2, 0.25) is 0 Å². The average molecular weight is 300 g/mol. The highest BCUT2D eigenvalue weighted by atomic mass is 16.2. The van der Waals surface area contributed by atoms with Crippen LogP contribution in [0.4, 0.5) is 0 Å². The molecule has 22 heavy (non-hydrogen) atoms. The van der Waals surface area contributed by atoms with Crippen molar-refractivity contribution in [2.45, 2.75) is 39.0 Å². The first kappa shape index (κ1) is 15.1. The Labute approximate surface area is 131 Å². The fourth-order valence-corrected chi connectivity index (χ4v) is 3.63. The summed E-state index contributed by atoms with van der Waals surface area (Å²) in [5.41, 5.74) is 2.06. The summed E-state index contributed by atoms with van der Waals surface area (Å²) < 4.78 is 0. The summed E-state index contributed by atoms with van der Waals surface area (Å²) >= 11 is 0. The maximum absolute atomic E-state index is 12.5. The molecule has 0 radical (unpaired) electrons. The SMILES string of the molecule is Cc1ccc(CC(=O)N2CCC[C@@]3(CCNC3=O)CC2)cc1. The van der Waals surface area contributed by atoms with E-state index in [2.05, 4.69) is 5.32 Å². The molecule has 0 saturated carbocycles. The van der Waals surface area contributed by atoms with Gasteiger partial charge in [-0.05, 0) is 38.2 Å². The third-order valence-corrected chi connectivity index (χ3v) is 5.14. The molecule has 1 atom stereocenters. The molecule has 1 spiro atoms. The number of nitrogens with one attached hydrogen (secondary N) is 1. The van der Waals surface area contributed by atoms with E-state index in [0.717, 1.165) is 44.3 Å². The molecule has 4 nitrogen and oxygen atoms in total. The minimum absolute atomic E-state index is 0.180. The van der Waals surface area contributed by atoms with Crippen LogP contribution < -0.4 is 5.32 Å². The van der Waals surface area contributed by atoms with Gasteiger partial charge >= 0.3 is 0 Å². The van der Waals surface area contributed by atoms with Crippen molar-refractivity contribution in [3.05, 3.63) is 35.4 Å². The molecule has 1 aromatic carbocycles. The molecular formula is C18H24N2O2. The topological polar surface area (TPSA) is 49.4 Å². The van der Waals surface area contributed by atoms with Crippen molar-refractivity contribution in [3.8, 4) is 0 Å². The zero-order valence-corrected chi connectivity index (χ0v) is 13.2. The van der Waals surface area contributed by atoms with Crippen molar-refractivity contribution in [3.63, 3.8) is 0 Å². The van der Waals surface area contributed by atoms with Crippen molar-refractivity contribution in [2.24, 2.45) is 5.41 Å². The maximum Gasteiger partial charge on any atom is 0.226 e. The lowest BCUT2D eigenvalue weighted by molar-refractivity contribution is -0.132. The van der Waals surface area contributed by atoms with Gasteiger partial charge in [0.05, 0.1) is 11.8 Å². The van der Waals surface area contributed by atoms with Crippen LogP contribution >= 0.6 is 0 Å². The van der Waals surface area contributed by atoms with Crippen LogP contribution in [0.1, 0.15) is 36.8 Å². The van der Waals surface area contributed by atoms with Crippen molar-refractivity contribution in [2.75, 3.05) is 19.6 Å². The standard InChI is InChI=1S/C18H24N2O2/c1-14-3-5-15(6-4-14)13-16(21)20-11-2-7-18(9-12-20)8-10-19-17(18)22/h3-6H,2,7-13H2,1H3,(H,19,22)/t18-/m1/s1. The van der Waals surface area contributed by atoms with E-state index in [4.69, 9.17) is 0 Å². The molecule has 2 aliphatic heterocycles.